The van der Waals surface area contributed by atoms with E-state index in [0.29, 0.717) is 10.9 Å². The Morgan fingerprint density at radius 3 is 1.85 bits per heavy atom. The van der Waals surface area contributed by atoms with Crippen LogP contribution in [0.4, 0.5) is 4.79 Å². The van der Waals surface area contributed by atoms with Gasteiger partial charge in [-0.25, -0.2) is 15.0 Å². The molecule has 0 radical (unpaired) electrons. The smallest absolute Gasteiger partial charge is 0.426 e. The summed E-state index contributed by atoms with van der Waals surface area (Å²) in [7, 11) is 0.145. The van der Waals surface area contributed by atoms with Crippen LogP contribution in [0.15, 0.2) is 78.9 Å². The van der Waals surface area contributed by atoms with E-state index in [1.165, 1.54) is 13.2 Å². The number of carbonyl (C=O) groups excluding carboxylic acids is 3. The number of hydrogen-bond acceptors (Lipinski definition) is 5. The Hall–Kier alpha value is -3.70. The molecule has 2 N–H and O–H groups in total. The maximum atomic E-state index is 12.8. The van der Waals surface area contributed by atoms with Crippen LogP contribution in [-0.2, 0) is 9.47 Å². The van der Waals surface area contributed by atoms with Crippen molar-refractivity contribution in [2.45, 2.75) is 26.4 Å². The highest BCUT2D eigenvalue weighted by Gasteiger charge is 2.25. The van der Waals surface area contributed by atoms with Crippen molar-refractivity contribution in [1.29, 1.82) is 0 Å². The van der Waals surface area contributed by atoms with E-state index in [0.717, 1.165) is 10.6 Å². The van der Waals surface area contributed by atoms with Gasteiger partial charge < -0.3 is 9.47 Å². The lowest BCUT2D eigenvalue weighted by Crippen LogP contribution is -2.44. The predicted molar refractivity (Wildman–Crippen MR) is 133 cm³/mol. The molecule has 0 heterocycles. The fourth-order valence-corrected chi connectivity index (χ4v) is 5.68. The van der Waals surface area contributed by atoms with Crippen LogP contribution in [-0.4, -0.2) is 30.7 Å². The summed E-state index contributed by atoms with van der Waals surface area (Å²) in [5.41, 5.74) is 4.55. The highest BCUT2D eigenvalue weighted by Crippen LogP contribution is 2.34. The van der Waals surface area contributed by atoms with Gasteiger partial charge in [0, 0.05) is 10.9 Å². The number of methoxy groups -OCH3 is 1. The lowest BCUT2D eigenvalue weighted by molar-refractivity contribution is 0.0483. The van der Waals surface area contributed by atoms with Gasteiger partial charge in [0.15, 0.2) is 0 Å². The largest absolute Gasteiger partial charge is 0.465 e. The summed E-state index contributed by atoms with van der Waals surface area (Å²) in [5.74, 6) is -1.03. The molecule has 0 aliphatic carbocycles. The van der Waals surface area contributed by atoms with Crippen molar-refractivity contribution in [1.82, 2.24) is 10.9 Å². The number of esters is 1. The van der Waals surface area contributed by atoms with E-state index in [-0.39, 0.29) is 5.56 Å². The van der Waals surface area contributed by atoms with Gasteiger partial charge in [-0.3, -0.25) is 10.2 Å². The molecule has 0 atom stereocenters. The average molecular weight is 478 g/mol. The van der Waals surface area contributed by atoms with Crippen LogP contribution in [0.25, 0.3) is 0 Å². The van der Waals surface area contributed by atoms with E-state index in [1.807, 2.05) is 60.7 Å². The molecule has 176 valence electrons. The number of ether oxygens (including phenoxy) is 2. The molecule has 0 fully saturated rings. The zero-order valence-electron chi connectivity index (χ0n) is 19.5. The van der Waals surface area contributed by atoms with Crippen LogP contribution < -0.4 is 26.8 Å². The van der Waals surface area contributed by atoms with E-state index in [2.05, 4.69) is 10.9 Å². The molecule has 8 heteroatoms. The van der Waals surface area contributed by atoms with E-state index >= 15 is 0 Å². The Labute approximate surface area is 200 Å². The standard InChI is InChI=1S/C26H27N2O5P/c1-26(2,3)33-25(31)28-27-23(29)18-15-16-21(24(30)32-4)22(17-18)34(19-11-7-5-8-12-19)20-13-9-6-10-14-20/h5-17H,1-4H3,(H,27,29)(H,28,31). The van der Waals surface area contributed by atoms with Crippen molar-refractivity contribution in [2.75, 3.05) is 7.11 Å². The highest BCUT2D eigenvalue weighted by molar-refractivity contribution is 7.80. The van der Waals surface area contributed by atoms with E-state index in [4.69, 9.17) is 9.47 Å². The minimum absolute atomic E-state index is 0.276. The Morgan fingerprint density at radius 1 is 0.794 bits per heavy atom. The molecule has 0 saturated carbocycles. The highest BCUT2D eigenvalue weighted by atomic mass is 31.1. The molecule has 0 unspecified atom stereocenters. The number of amides is 2. The third kappa shape index (κ3) is 6.42. The third-order valence-corrected chi connectivity index (χ3v) is 7.09. The molecule has 0 bridgehead atoms. The number of rotatable bonds is 5. The quantitative estimate of drug-likeness (QED) is 0.333. The van der Waals surface area contributed by atoms with Crippen LogP contribution in [0.3, 0.4) is 0 Å². The maximum absolute atomic E-state index is 12.8. The molecule has 0 saturated heterocycles. The van der Waals surface area contributed by atoms with Crippen molar-refractivity contribution in [3.63, 3.8) is 0 Å². The summed E-state index contributed by atoms with van der Waals surface area (Å²) in [6, 6.07) is 24.4. The van der Waals surface area contributed by atoms with Gasteiger partial charge in [0.1, 0.15) is 5.60 Å². The molecule has 0 spiro atoms. The number of hydrazine groups is 1. The van der Waals surface area contributed by atoms with Crippen LogP contribution in [0.2, 0.25) is 0 Å². The van der Waals surface area contributed by atoms with Crippen LogP contribution in [0, 0.1) is 0 Å². The summed E-state index contributed by atoms with van der Waals surface area (Å²) in [5, 5.41) is 2.70. The second-order valence-corrected chi connectivity index (χ2v) is 10.5. The summed E-state index contributed by atoms with van der Waals surface area (Å²) in [6.45, 7) is 5.17. The van der Waals surface area contributed by atoms with Crippen molar-refractivity contribution < 1.29 is 23.9 Å². The van der Waals surface area contributed by atoms with Crippen molar-refractivity contribution in [3.8, 4) is 0 Å². The van der Waals surface area contributed by atoms with Crippen molar-refractivity contribution >= 4 is 41.8 Å². The normalized spacial score (nSPS) is 11.0. The number of benzene rings is 3. The molecule has 3 aromatic rings. The van der Waals surface area contributed by atoms with Crippen molar-refractivity contribution in [3.05, 3.63) is 90.0 Å². The molecule has 34 heavy (non-hydrogen) atoms. The molecule has 7 nitrogen and oxygen atoms in total. The van der Waals surface area contributed by atoms with Gasteiger partial charge in [-0.1, -0.05) is 60.7 Å². The first kappa shape index (κ1) is 24.9. The van der Waals surface area contributed by atoms with Gasteiger partial charge in [0.05, 0.1) is 12.7 Å². The molecule has 3 aromatic carbocycles. The molecule has 0 aromatic heterocycles. The number of nitrogens with one attached hydrogen (secondary N) is 2. The van der Waals surface area contributed by atoms with Crippen molar-refractivity contribution in [2.24, 2.45) is 0 Å². The van der Waals surface area contributed by atoms with Gasteiger partial charge in [0.2, 0.25) is 0 Å². The summed E-state index contributed by atoms with van der Waals surface area (Å²) in [4.78, 5) is 37.4. The zero-order valence-corrected chi connectivity index (χ0v) is 20.4. The molecule has 0 aliphatic heterocycles. The van der Waals surface area contributed by atoms with Crippen LogP contribution in [0.5, 0.6) is 0 Å². The van der Waals surface area contributed by atoms with E-state index in [9.17, 15) is 14.4 Å². The molecule has 0 aliphatic rings. The third-order valence-electron chi connectivity index (χ3n) is 4.61. The minimum Gasteiger partial charge on any atom is -0.465 e. The van der Waals surface area contributed by atoms with Crippen LogP contribution >= 0.6 is 7.92 Å². The van der Waals surface area contributed by atoms with Gasteiger partial charge in [-0.2, -0.15) is 0 Å². The summed E-state index contributed by atoms with van der Waals surface area (Å²) in [6.07, 6.45) is -0.775. The first-order valence-electron chi connectivity index (χ1n) is 10.6. The summed E-state index contributed by atoms with van der Waals surface area (Å²) < 4.78 is 10.2. The SMILES string of the molecule is COC(=O)c1ccc(C(=O)NNC(=O)OC(C)(C)C)cc1P(c1ccccc1)c1ccccc1. The minimum atomic E-state index is -1.18. The van der Waals surface area contributed by atoms with Crippen LogP contribution in [0.1, 0.15) is 41.5 Å². The van der Waals surface area contributed by atoms with E-state index < -0.39 is 31.5 Å². The molecule has 2 amide bonds. The van der Waals surface area contributed by atoms with Gasteiger partial charge in [-0.05, 0) is 57.5 Å². The van der Waals surface area contributed by atoms with E-state index in [1.54, 1.807) is 32.9 Å². The predicted octanol–water partition coefficient (Wildman–Crippen LogP) is 3.40. The number of hydrogen-bond donors (Lipinski definition) is 2. The zero-order chi connectivity index (χ0) is 24.7. The Kier molecular flexibility index (Phi) is 8.03. The first-order chi connectivity index (χ1) is 16.2. The number of carbonyl (C=O) groups is 3. The lowest BCUT2D eigenvalue weighted by atomic mass is 10.1. The topological polar surface area (TPSA) is 93.7 Å². The van der Waals surface area contributed by atoms with Gasteiger partial charge >= 0.3 is 12.1 Å². The fourth-order valence-electron chi connectivity index (χ4n) is 3.21. The second-order valence-electron chi connectivity index (χ2n) is 8.31. The van der Waals surface area contributed by atoms with Gasteiger partial charge in [0.25, 0.3) is 5.91 Å². The lowest BCUT2D eigenvalue weighted by Gasteiger charge is -2.22. The molecular weight excluding hydrogens is 451 g/mol. The van der Waals surface area contributed by atoms with Gasteiger partial charge in [-0.15, -0.1) is 0 Å². The monoisotopic (exact) mass is 478 g/mol. The maximum Gasteiger partial charge on any atom is 0.426 e. The Morgan fingerprint density at radius 2 is 1.35 bits per heavy atom. The Bertz CT molecular complexity index is 1120. The molecular formula is C26H27N2O5P. The second kappa shape index (κ2) is 10.9. The summed E-state index contributed by atoms with van der Waals surface area (Å²) >= 11 is 0. The first-order valence-corrected chi connectivity index (χ1v) is 12.0. The molecule has 3 rings (SSSR count). The fraction of sp³-hybridized carbons (Fsp3) is 0.192. The average Bonchev–Trinajstić information content (AvgIpc) is 2.82. The Balaban J connectivity index is 2.02.